The average molecular weight is 348 g/mol. The fourth-order valence-electron chi connectivity index (χ4n) is 2.12. The predicted molar refractivity (Wildman–Crippen MR) is 88.0 cm³/mol. The first-order valence-electron chi connectivity index (χ1n) is 7.50. The molecule has 0 radical (unpaired) electrons. The summed E-state index contributed by atoms with van der Waals surface area (Å²) in [6.45, 7) is 4.57. The second-order valence-electron chi connectivity index (χ2n) is 5.51. The van der Waals surface area contributed by atoms with Gasteiger partial charge in [0.25, 0.3) is 0 Å². The topological polar surface area (TPSA) is 80.3 Å². The first kappa shape index (κ1) is 19.1. The first-order chi connectivity index (χ1) is 10.2. The van der Waals surface area contributed by atoms with Crippen LogP contribution in [-0.2, 0) is 19.9 Å². The van der Waals surface area contributed by atoms with Crippen LogP contribution in [0, 0.1) is 5.92 Å². The van der Waals surface area contributed by atoms with E-state index in [1.165, 1.54) is 24.3 Å². The Morgan fingerprint density at radius 2 is 1.55 bits per heavy atom. The minimum Gasteiger partial charge on any atom is -0.224 e. The maximum atomic E-state index is 12.2. The van der Waals surface area contributed by atoms with Crippen molar-refractivity contribution < 1.29 is 16.8 Å². The number of nitrogens with one attached hydrogen (secondary N) is 1. The van der Waals surface area contributed by atoms with Crippen LogP contribution in [0.5, 0.6) is 0 Å². The van der Waals surface area contributed by atoms with E-state index in [-0.39, 0.29) is 9.79 Å². The van der Waals surface area contributed by atoms with Crippen LogP contribution in [0.1, 0.15) is 39.5 Å². The molecule has 0 fully saturated rings. The third kappa shape index (κ3) is 5.70. The van der Waals surface area contributed by atoms with Crippen LogP contribution >= 0.6 is 0 Å². The molecular weight excluding hydrogens is 322 g/mol. The molecule has 0 spiro atoms. The lowest BCUT2D eigenvalue weighted by Crippen LogP contribution is -2.29. The fraction of sp³-hybridized carbons (Fsp3) is 0.600. The van der Waals surface area contributed by atoms with Crippen LogP contribution in [0.25, 0.3) is 0 Å². The van der Waals surface area contributed by atoms with Crippen molar-refractivity contribution in [2.45, 2.75) is 49.3 Å². The monoisotopic (exact) mass is 347 g/mol. The third-order valence-corrected chi connectivity index (χ3v) is 6.24. The Kier molecular flexibility index (Phi) is 7.02. The highest BCUT2D eigenvalue weighted by Crippen LogP contribution is 2.16. The van der Waals surface area contributed by atoms with E-state index in [9.17, 15) is 16.8 Å². The van der Waals surface area contributed by atoms with Crippen molar-refractivity contribution >= 4 is 19.9 Å². The number of hydrogen-bond donors (Lipinski definition) is 1. The molecule has 0 saturated heterocycles. The minimum absolute atomic E-state index is 0.0882. The summed E-state index contributed by atoms with van der Waals surface area (Å²) in [7, 11) is -6.92. The molecule has 0 saturated carbocycles. The van der Waals surface area contributed by atoms with Crippen molar-refractivity contribution in [3.63, 3.8) is 0 Å². The predicted octanol–water partition coefficient (Wildman–Crippen LogP) is 2.58. The highest BCUT2D eigenvalue weighted by atomic mass is 32.2. The molecule has 1 aromatic rings. The zero-order valence-corrected chi connectivity index (χ0v) is 15.0. The normalized spacial score (nSPS) is 14.0. The molecule has 0 aliphatic rings. The van der Waals surface area contributed by atoms with Gasteiger partial charge in [-0.05, 0) is 36.6 Å². The molecule has 1 aromatic carbocycles. The van der Waals surface area contributed by atoms with E-state index in [1.807, 2.05) is 0 Å². The summed E-state index contributed by atoms with van der Waals surface area (Å²) in [4.78, 5) is 0.200. The molecule has 1 unspecified atom stereocenters. The van der Waals surface area contributed by atoms with E-state index in [0.29, 0.717) is 12.5 Å². The summed E-state index contributed by atoms with van der Waals surface area (Å²) in [6.07, 6.45) is 5.20. The van der Waals surface area contributed by atoms with Gasteiger partial charge in [-0.15, -0.1) is 0 Å². The van der Waals surface area contributed by atoms with E-state index in [2.05, 4.69) is 18.6 Å². The summed E-state index contributed by atoms with van der Waals surface area (Å²) in [6, 6.07) is 5.29. The minimum atomic E-state index is -3.60. The average Bonchev–Trinajstić information content (AvgIpc) is 2.46. The Hall–Kier alpha value is -0.920. The van der Waals surface area contributed by atoms with Crippen molar-refractivity contribution in [2.75, 3.05) is 12.8 Å². The van der Waals surface area contributed by atoms with Gasteiger partial charge in [0.05, 0.1) is 9.79 Å². The summed E-state index contributed by atoms with van der Waals surface area (Å²) < 4.78 is 49.8. The van der Waals surface area contributed by atoms with Crippen molar-refractivity contribution in [1.29, 1.82) is 0 Å². The van der Waals surface area contributed by atoms with Crippen LogP contribution in [0.3, 0.4) is 0 Å². The number of hydrogen-bond acceptors (Lipinski definition) is 4. The van der Waals surface area contributed by atoms with Gasteiger partial charge in [0.2, 0.25) is 10.0 Å². The van der Waals surface area contributed by atoms with Gasteiger partial charge in [-0.2, -0.15) is 0 Å². The summed E-state index contributed by atoms with van der Waals surface area (Å²) in [5.41, 5.74) is 0. The summed E-state index contributed by atoms with van der Waals surface area (Å²) in [5.74, 6) is 0.324. The Balaban J connectivity index is 2.78. The zero-order valence-electron chi connectivity index (χ0n) is 13.4. The Bertz CT molecular complexity index is 664. The smallest absolute Gasteiger partial charge is 0.224 e. The second kappa shape index (κ2) is 8.08. The number of sulfone groups is 1. The van der Waals surface area contributed by atoms with Gasteiger partial charge >= 0.3 is 0 Å². The lowest BCUT2D eigenvalue weighted by atomic mass is 10.00. The van der Waals surface area contributed by atoms with E-state index >= 15 is 0 Å². The molecule has 0 aromatic heterocycles. The lowest BCUT2D eigenvalue weighted by molar-refractivity contribution is 0.443. The van der Waals surface area contributed by atoms with Gasteiger partial charge in [0.15, 0.2) is 9.84 Å². The Morgan fingerprint density at radius 3 is 2.00 bits per heavy atom. The molecule has 1 rings (SSSR count). The van der Waals surface area contributed by atoms with Crippen molar-refractivity contribution in [3.8, 4) is 0 Å². The summed E-state index contributed by atoms with van der Waals surface area (Å²) in [5, 5.41) is 0. The number of unbranched alkanes of at least 4 members (excludes halogenated alkanes) is 1. The second-order valence-corrected chi connectivity index (χ2v) is 9.29. The maximum absolute atomic E-state index is 12.2. The third-order valence-electron chi connectivity index (χ3n) is 3.67. The fourth-order valence-corrected chi connectivity index (χ4v) is 3.87. The van der Waals surface area contributed by atoms with Gasteiger partial charge in [-0.1, -0.05) is 33.1 Å². The van der Waals surface area contributed by atoms with E-state index in [1.54, 1.807) is 0 Å². The largest absolute Gasteiger partial charge is 0.240 e. The molecule has 7 heteroatoms. The van der Waals surface area contributed by atoms with E-state index < -0.39 is 19.9 Å². The van der Waals surface area contributed by atoms with Gasteiger partial charge in [-0.3, -0.25) is 0 Å². The van der Waals surface area contributed by atoms with Gasteiger partial charge < -0.3 is 0 Å². The standard InChI is InChI=1S/C15H25NO4S2/c1-4-6-7-13(5-2)12-16-22(19,20)15-10-8-14(9-11-15)21(3,17)18/h8-11,13,16H,4-7,12H2,1-3H3. The van der Waals surface area contributed by atoms with Gasteiger partial charge in [-0.25, -0.2) is 21.6 Å². The zero-order chi connectivity index (χ0) is 16.8. The molecule has 1 atom stereocenters. The quantitative estimate of drug-likeness (QED) is 0.744. The molecular formula is C15H25NO4S2. The molecule has 1 N–H and O–H groups in total. The molecule has 0 heterocycles. The Morgan fingerprint density at radius 1 is 1.00 bits per heavy atom. The van der Waals surface area contributed by atoms with Crippen LogP contribution in [0.4, 0.5) is 0 Å². The Labute approximate surface area is 134 Å². The molecule has 0 amide bonds. The number of benzene rings is 1. The highest BCUT2D eigenvalue weighted by molar-refractivity contribution is 7.90. The van der Waals surface area contributed by atoms with Crippen molar-refractivity contribution in [3.05, 3.63) is 24.3 Å². The maximum Gasteiger partial charge on any atom is 0.240 e. The molecule has 0 aliphatic heterocycles. The number of rotatable bonds is 9. The van der Waals surface area contributed by atoms with Crippen molar-refractivity contribution in [1.82, 2.24) is 4.72 Å². The van der Waals surface area contributed by atoms with E-state index in [0.717, 1.165) is 31.9 Å². The molecule has 126 valence electrons. The lowest BCUT2D eigenvalue weighted by Gasteiger charge is -2.15. The molecule has 5 nitrogen and oxygen atoms in total. The highest BCUT2D eigenvalue weighted by Gasteiger charge is 2.17. The first-order valence-corrected chi connectivity index (χ1v) is 10.9. The van der Waals surface area contributed by atoms with Crippen molar-refractivity contribution in [2.24, 2.45) is 5.92 Å². The summed E-state index contributed by atoms with van der Waals surface area (Å²) >= 11 is 0. The number of sulfonamides is 1. The van der Waals surface area contributed by atoms with Crippen LogP contribution in [-0.4, -0.2) is 29.6 Å². The van der Waals surface area contributed by atoms with Crippen LogP contribution in [0.2, 0.25) is 0 Å². The molecule has 0 aliphatic carbocycles. The molecule has 22 heavy (non-hydrogen) atoms. The van der Waals surface area contributed by atoms with Gasteiger partial charge in [0, 0.05) is 12.8 Å². The van der Waals surface area contributed by atoms with E-state index in [4.69, 9.17) is 0 Å². The van der Waals surface area contributed by atoms with Crippen LogP contribution < -0.4 is 4.72 Å². The van der Waals surface area contributed by atoms with Crippen LogP contribution in [0.15, 0.2) is 34.1 Å². The SMILES string of the molecule is CCCCC(CC)CNS(=O)(=O)c1ccc(S(C)(=O)=O)cc1. The van der Waals surface area contributed by atoms with Gasteiger partial charge in [0.1, 0.15) is 0 Å². The molecule has 0 bridgehead atoms.